The van der Waals surface area contributed by atoms with Crippen LogP contribution in [0.2, 0.25) is 5.02 Å². The number of benzene rings is 1. The highest BCUT2D eigenvalue weighted by molar-refractivity contribution is 6.32. The molecule has 1 aromatic rings. The van der Waals surface area contributed by atoms with E-state index in [0.29, 0.717) is 17.0 Å². The lowest BCUT2D eigenvalue weighted by atomic mass is 10.1. The number of carbonyl (C=O) groups is 2. The van der Waals surface area contributed by atoms with Crippen molar-refractivity contribution in [3.05, 3.63) is 64.7 Å². The van der Waals surface area contributed by atoms with Gasteiger partial charge in [-0.05, 0) is 36.6 Å². The fourth-order valence-corrected chi connectivity index (χ4v) is 2.55. The largest absolute Gasteiger partial charge is 0.454 e. The number of rotatable bonds is 5. The Labute approximate surface area is 134 Å². The van der Waals surface area contributed by atoms with E-state index < -0.39 is 12.1 Å². The van der Waals surface area contributed by atoms with Crippen molar-refractivity contribution >= 4 is 29.4 Å². The summed E-state index contributed by atoms with van der Waals surface area (Å²) >= 11 is 6.01. The molecule has 0 amide bonds. The summed E-state index contributed by atoms with van der Waals surface area (Å²) in [5, 5.41) is 0.562. The summed E-state index contributed by atoms with van der Waals surface area (Å²) in [5.74, 6) is -0.470. The Bertz CT molecular complexity index is 671. The molecule has 4 heteroatoms. The number of esters is 1. The first kappa shape index (κ1) is 16.2. The van der Waals surface area contributed by atoms with Crippen LogP contribution in [0.4, 0.5) is 0 Å². The molecule has 0 radical (unpaired) electrons. The molecule has 0 heterocycles. The zero-order chi connectivity index (χ0) is 16.1. The lowest BCUT2D eigenvalue weighted by Gasteiger charge is -2.11. The minimum atomic E-state index is -0.489. The highest BCUT2D eigenvalue weighted by Crippen LogP contribution is 2.28. The smallest absolute Gasteiger partial charge is 0.331 e. The van der Waals surface area contributed by atoms with E-state index in [1.54, 1.807) is 24.3 Å². The highest BCUT2D eigenvalue weighted by atomic mass is 35.5. The Morgan fingerprint density at radius 1 is 1.45 bits per heavy atom. The molecule has 0 unspecified atom stereocenters. The van der Waals surface area contributed by atoms with Gasteiger partial charge in [0.25, 0.3) is 0 Å². The van der Waals surface area contributed by atoms with Crippen LogP contribution in [0.15, 0.2) is 54.1 Å². The fourth-order valence-electron chi connectivity index (χ4n) is 2.36. The number of carbonyl (C=O) groups excluding carboxylic acids is 2. The van der Waals surface area contributed by atoms with Crippen molar-refractivity contribution in [2.75, 3.05) is 0 Å². The maximum Gasteiger partial charge on any atom is 0.331 e. The minimum Gasteiger partial charge on any atom is -0.454 e. The number of halogens is 1. The number of ether oxygens (including phenoxy) is 1. The summed E-state index contributed by atoms with van der Waals surface area (Å²) in [5.41, 5.74) is 2.25. The van der Waals surface area contributed by atoms with Crippen molar-refractivity contribution in [1.82, 2.24) is 0 Å². The molecule has 0 spiro atoms. The number of ketones is 1. The second kappa shape index (κ2) is 7.23. The summed E-state index contributed by atoms with van der Waals surface area (Å²) < 4.78 is 5.35. The molecular formula is C18H17ClO3. The van der Waals surface area contributed by atoms with E-state index >= 15 is 0 Å². The monoisotopic (exact) mass is 316 g/mol. The van der Waals surface area contributed by atoms with E-state index in [1.165, 1.54) is 6.08 Å². The van der Waals surface area contributed by atoms with Gasteiger partial charge in [0.1, 0.15) is 6.10 Å². The molecule has 1 atom stereocenters. The molecule has 1 aliphatic carbocycles. The highest BCUT2D eigenvalue weighted by Gasteiger charge is 2.30. The third kappa shape index (κ3) is 3.74. The SMILES string of the molecule is C=CCC1=C(C)[C@@H](OC(=O)/C=C/c2ccccc2Cl)CC1=O. The van der Waals surface area contributed by atoms with Gasteiger partial charge in [0, 0.05) is 16.7 Å². The zero-order valence-corrected chi connectivity index (χ0v) is 13.1. The van der Waals surface area contributed by atoms with Crippen molar-refractivity contribution in [3.63, 3.8) is 0 Å². The van der Waals surface area contributed by atoms with E-state index in [0.717, 1.165) is 11.1 Å². The maximum absolute atomic E-state index is 11.9. The molecule has 3 nitrogen and oxygen atoms in total. The van der Waals surface area contributed by atoms with Gasteiger partial charge in [-0.15, -0.1) is 6.58 Å². The third-order valence-electron chi connectivity index (χ3n) is 3.58. The fraction of sp³-hybridized carbons (Fsp3) is 0.222. The van der Waals surface area contributed by atoms with Gasteiger partial charge in [-0.1, -0.05) is 35.9 Å². The maximum atomic E-state index is 11.9. The quantitative estimate of drug-likeness (QED) is 0.466. The Balaban J connectivity index is 2.03. The number of Topliss-reactive ketones (excluding diaryl/α,β-unsaturated/α-hetero) is 1. The van der Waals surface area contributed by atoms with Crippen molar-refractivity contribution in [3.8, 4) is 0 Å². The van der Waals surface area contributed by atoms with Gasteiger partial charge in [0.15, 0.2) is 5.78 Å². The Kier molecular flexibility index (Phi) is 5.34. The minimum absolute atomic E-state index is 0.0188. The molecule has 114 valence electrons. The van der Waals surface area contributed by atoms with Gasteiger partial charge in [0.2, 0.25) is 0 Å². The summed E-state index contributed by atoms with van der Waals surface area (Å²) in [4.78, 5) is 23.8. The Hall–Kier alpha value is -2.13. The van der Waals surface area contributed by atoms with Gasteiger partial charge in [-0.25, -0.2) is 4.79 Å². The van der Waals surface area contributed by atoms with Gasteiger partial charge in [-0.3, -0.25) is 4.79 Å². The van der Waals surface area contributed by atoms with Crippen LogP contribution in [0.25, 0.3) is 6.08 Å². The molecule has 22 heavy (non-hydrogen) atoms. The van der Waals surface area contributed by atoms with Crippen LogP contribution in [0.5, 0.6) is 0 Å². The van der Waals surface area contributed by atoms with Crippen LogP contribution < -0.4 is 0 Å². The summed E-state index contributed by atoms with van der Waals surface area (Å²) in [6, 6.07) is 7.20. The number of hydrogen-bond donors (Lipinski definition) is 0. The van der Waals surface area contributed by atoms with Crippen molar-refractivity contribution in [2.24, 2.45) is 0 Å². The molecule has 0 saturated heterocycles. The van der Waals surface area contributed by atoms with Crippen LogP contribution in [-0.2, 0) is 14.3 Å². The van der Waals surface area contributed by atoms with Gasteiger partial charge >= 0.3 is 5.97 Å². The molecule has 1 aromatic carbocycles. The van der Waals surface area contributed by atoms with Crippen LogP contribution in [0.1, 0.15) is 25.3 Å². The normalized spacial score (nSPS) is 18.1. The Morgan fingerprint density at radius 2 is 2.18 bits per heavy atom. The number of allylic oxidation sites excluding steroid dienone is 2. The molecule has 0 saturated carbocycles. The standard InChI is InChI=1S/C18H17ClO3/c1-3-6-14-12(2)17(11-16(14)20)22-18(21)10-9-13-7-4-5-8-15(13)19/h3-5,7-10,17H,1,6,11H2,2H3/b10-9+/t17-/m0/s1. The van der Waals surface area contributed by atoms with Crippen LogP contribution in [0.3, 0.4) is 0 Å². The van der Waals surface area contributed by atoms with Crippen LogP contribution in [0, 0.1) is 0 Å². The van der Waals surface area contributed by atoms with E-state index in [1.807, 2.05) is 19.1 Å². The predicted octanol–water partition coefficient (Wildman–Crippen LogP) is 4.13. The van der Waals surface area contributed by atoms with Crippen molar-refractivity contribution in [1.29, 1.82) is 0 Å². The third-order valence-corrected chi connectivity index (χ3v) is 3.92. The average molecular weight is 317 g/mol. The zero-order valence-electron chi connectivity index (χ0n) is 12.3. The summed E-state index contributed by atoms with van der Waals surface area (Å²) in [6.45, 7) is 5.45. The van der Waals surface area contributed by atoms with E-state index in [4.69, 9.17) is 16.3 Å². The molecule has 1 aliphatic rings. The van der Waals surface area contributed by atoms with Crippen LogP contribution in [-0.4, -0.2) is 17.9 Å². The molecule has 0 aromatic heterocycles. The average Bonchev–Trinajstić information content (AvgIpc) is 2.74. The molecule has 0 aliphatic heterocycles. The topological polar surface area (TPSA) is 43.4 Å². The molecule has 0 N–H and O–H groups in total. The first-order valence-corrected chi connectivity index (χ1v) is 7.37. The van der Waals surface area contributed by atoms with Gasteiger partial charge in [0.05, 0.1) is 6.42 Å². The molecule has 2 rings (SSSR count). The van der Waals surface area contributed by atoms with E-state index in [2.05, 4.69) is 6.58 Å². The van der Waals surface area contributed by atoms with Crippen molar-refractivity contribution in [2.45, 2.75) is 25.9 Å². The first-order chi connectivity index (χ1) is 10.5. The van der Waals surface area contributed by atoms with Gasteiger partial charge in [-0.2, -0.15) is 0 Å². The van der Waals surface area contributed by atoms with Gasteiger partial charge < -0.3 is 4.74 Å². The van der Waals surface area contributed by atoms with Crippen molar-refractivity contribution < 1.29 is 14.3 Å². The molecular weight excluding hydrogens is 300 g/mol. The van der Waals surface area contributed by atoms with E-state index in [9.17, 15) is 9.59 Å². The first-order valence-electron chi connectivity index (χ1n) is 7.00. The molecule has 0 bridgehead atoms. The Morgan fingerprint density at radius 3 is 2.86 bits per heavy atom. The second-order valence-electron chi connectivity index (χ2n) is 5.06. The molecule has 0 fully saturated rings. The lowest BCUT2D eigenvalue weighted by molar-refractivity contribution is -0.141. The summed E-state index contributed by atoms with van der Waals surface area (Å²) in [6.07, 6.45) is 4.84. The predicted molar refractivity (Wildman–Crippen MR) is 87.5 cm³/mol. The lowest BCUT2D eigenvalue weighted by Crippen LogP contribution is -2.16. The van der Waals surface area contributed by atoms with Crippen LogP contribution >= 0.6 is 11.6 Å². The van der Waals surface area contributed by atoms with E-state index in [-0.39, 0.29) is 12.2 Å². The number of hydrogen-bond acceptors (Lipinski definition) is 3. The summed E-state index contributed by atoms with van der Waals surface area (Å²) in [7, 11) is 0. The second-order valence-corrected chi connectivity index (χ2v) is 5.47.